The van der Waals surface area contributed by atoms with Gasteiger partial charge in [0.05, 0.1) is 6.07 Å². The minimum absolute atomic E-state index is 0.129. The SMILES string of the molecule is CCC[C@H](NS(=O)(=O)C(C#N)CC)C(=O)O. The van der Waals surface area contributed by atoms with Crippen LogP contribution in [-0.4, -0.2) is 30.8 Å². The Labute approximate surface area is 95.3 Å². The van der Waals surface area contributed by atoms with Crippen molar-refractivity contribution in [3.8, 4) is 6.07 Å². The third-order valence-corrected chi connectivity index (χ3v) is 3.87. The summed E-state index contributed by atoms with van der Waals surface area (Å²) in [5.74, 6) is -1.22. The van der Waals surface area contributed by atoms with Gasteiger partial charge in [-0.1, -0.05) is 20.3 Å². The molecule has 0 amide bonds. The summed E-state index contributed by atoms with van der Waals surface area (Å²) in [7, 11) is -3.88. The Morgan fingerprint density at radius 3 is 2.38 bits per heavy atom. The average Bonchev–Trinajstić information content (AvgIpc) is 2.18. The van der Waals surface area contributed by atoms with Gasteiger partial charge in [-0.15, -0.1) is 0 Å². The zero-order chi connectivity index (χ0) is 12.8. The van der Waals surface area contributed by atoms with Crippen LogP contribution >= 0.6 is 0 Å². The second kappa shape index (κ2) is 6.45. The second-order valence-corrected chi connectivity index (χ2v) is 5.26. The highest BCUT2D eigenvalue weighted by Crippen LogP contribution is 2.06. The minimum Gasteiger partial charge on any atom is -0.480 e. The van der Waals surface area contributed by atoms with Gasteiger partial charge in [0.15, 0.2) is 5.25 Å². The Morgan fingerprint density at radius 1 is 1.50 bits per heavy atom. The molecule has 0 radical (unpaired) electrons. The first-order chi connectivity index (χ1) is 7.38. The second-order valence-electron chi connectivity index (χ2n) is 3.37. The monoisotopic (exact) mass is 248 g/mol. The van der Waals surface area contributed by atoms with Gasteiger partial charge in [0.1, 0.15) is 6.04 Å². The lowest BCUT2D eigenvalue weighted by atomic mass is 10.2. The van der Waals surface area contributed by atoms with Crippen LogP contribution in [-0.2, 0) is 14.8 Å². The normalized spacial score (nSPS) is 15.1. The molecule has 0 aromatic heterocycles. The molecule has 2 N–H and O–H groups in total. The molecular formula is C9H16N2O4S. The fourth-order valence-corrected chi connectivity index (χ4v) is 2.54. The van der Waals surface area contributed by atoms with Crippen molar-refractivity contribution in [2.75, 3.05) is 0 Å². The predicted octanol–water partition coefficient (Wildman–Crippen LogP) is 0.461. The van der Waals surface area contributed by atoms with E-state index in [9.17, 15) is 13.2 Å². The molecule has 0 aromatic carbocycles. The van der Waals surface area contributed by atoms with Gasteiger partial charge in [0.25, 0.3) is 0 Å². The summed E-state index contributed by atoms with van der Waals surface area (Å²) < 4.78 is 25.2. The van der Waals surface area contributed by atoms with Crippen molar-refractivity contribution >= 4 is 16.0 Å². The Hall–Kier alpha value is -1.13. The zero-order valence-electron chi connectivity index (χ0n) is 9.30. The van der Waals surface area contributed by atoms with Crippen molar-refractivity contribution in [3.63, 3.8) is 0 Å². The van der Waals surface area contributed by atoms with Crippen LogP contribution in [0.2, 0.25) is 0 Å². The van der Waals surface area contributed by atoms with Crippen molar-refractivity contribution in [1.82, 2.24) is 4.72 Å². The molecule has 2 atom stereocenters. The smallest absolute Gasteiger partial charge is 0.321 e. The predicted molar refractivity (Wildman–Crippen MR) is 58.1 cm³/mol. The van der Waals surface area contributed by atoms with Gasteiger partial charge in [-0.2, -0.15) is 9.98 Å². The fourth-order valence-electron chi connectivity index (χ4n) is 1.18. The lowest BCUT2D eigenvalue weighted by molar-refractivity contribution is -0.139. The van der Waals surface area contributed by atoms with Gasteiger partial charge in [0.2, 0.25) is 10.0 Å². The van der Waals surface area contributed by atoms with Crippen molar-refractivity contribution < 1.29 is 18.3 Å². The van der Waals surface area contributed by atoms with Crippen molar-refractivity contribution in [2.45, 2.75) is 44.4 Å². The lowest BCUT2D eigenvalue weighted by Crippen LogP contribution is -2.44. The number of rotatable bonds is 7. The van der Waals surface area contributed by atoms with Crippen LogP contribution in [0, 0.1) is 11.3 Å². The molecule has 1 unspecified atom stereocenters. The third kappa shape index (κ3) is 4.16. The van der Waals surface area contributed by atoms with Crippen LogP contribution < -0.4 is 4.72 Å². The number of carbonyl (C=O) groups is 1. The third-order valence-electron chi connectivity index (χ3n) is 2.07. The average molecular weight is 248 g/mol. The molecule has 7 heteroatoms. The number of aliphatic carboxylic acids is 1. The summed E-state index contributed by atoms with van der Waals surface area (Å²) in [6.45, 7) is 3.31. The number of hydrogen-bond donors (Lipinski definition) is 2. The Kier molecular flexibility index (Phi) is 6.00. The fraction of sp³-hybridized carbons (Fsp3) is 0.778. The van der Waals surface area contributed by atoms with E-state index in [0.29, 0.717) is 6.42 Å². The molecule has 0 aliphatic heterocycles. The van der Waals surface area contributed by atoms with E-state index < -0.39 is 27.3 Å². The summed E-state index contributed by atoms with van der Waals surface area (Å²) in [4.78, 5) is 10.8. The maximum absolute atomic E-state index is 11.6. The van der Waals surface area contributed by atoms with Crippen LogP contribution in [0.15, 0.2) is 0 Å². The van der Waals surface area contributed by atoms with Crippen LogP contribution in [0.1, 0.15) is 33.1 Å². The quantitative estimate of drug-likeness (QED) is 0.680. The van der Waals surface area contributed by atoms with E-state index in [1.54, 1.807) is 19.9 Å². The molecule has 0 saturated carbocycles. The summed E-state index contributed by atoms with van der Waals surface area (Å²) in [6.07, 6.45) is 0.879. The molecule has 0 fully saturated rings. The standard InChI is InChI=1S/C9H16N2O4S/c1-3-5-8(9(12)13)11-16(14,15)7(4-2)6-10/h7-8,11H,3-5H2,1-2H3,(H,12,13)/t7?,8-/m0/s1. The molecule has 0 saturated heterocycles. The van der Waals surface area contributed by atoms with Crippen LogP contribution in [0.5, 0.6) is 0 Å². The molecule has 0 spiro atoms. The van der Waals surface area contributed by atoms with Gasteiger partial charge in [-0.25, -0.2) is 8.42 Å². The largest absolute Gasteiger partial charge is 0.480 e. The number of hydrogen-bond acceptors (Lipinski definition) is 4. The Morgan fingerprint density at radius 2 is 2.06 bits per heavy atom. The summed E-state index contributed by atoms with van der Waals surface area (Å²) >= 11 is 0. The molecule has 92 valence electrons. The molecule has 0 heterocycles. The first kappa shape index (κ1) is 14.9. The molecular weight excluding hydrogens is 232 g/mol. The molecule has 6 nitrogen and oxygen atoms in total. The van der Waals surface area contributed by atoms with E-state index in [4.69, 9.17) is 10.4 Å². The number of carboxylic acids is 1. The molecule has 0 aromatic rings. The van der Waals surface area contributed by atoms with Gasteiger partial charge in [0, 0.05) is 0 Å². The van der Waals surface area contributed by atoms with E-state index in [1.807, 2.05) is 4.72 Å². The minimum atomic E-state index is -3.88. The van der Waals surface area contributed by atoms with E-state index in [2.05, 4.69) is 0 Å². The number of nitrogens with one attached hydrogen (secondary N) is 1. The Balaban J connectivity index is 4.80. The lowest BCUT2D eigenvalue weighted by Gasteiger charge is -2.15. The van der Waals surface area contributed by atoms with Gasteiger partial charge in [-0.3, -0.25) is 4.79 Å². The van der Waals surface area contributed by atoms with Gasteiger partial charge >= 0.3 is 5.97 Å². The number of carboxylic acid groups (broad SMARTS) is 1. The first-order valence-corrected chi connectivity index (χ1v) is 6.57. The van der Waals surface area contributed by atoms with Crippen LogP contribution in [0.25, 0.3) is 0 Å². The van der Waals surface area contributed by atoms with Gasteiger partial charge < -0.3 is 5.11 Å². The molecule has 16 heavy (non-hydrogen) atoms. The summed E-state index contributed by atoms with van der Waals surface area (Å²) in [5.41, 5.74) is 0. The van der Waals surface area contributed by atoms with Crippen LogP contribution in [0.4, 0.5) is 0 Å². The molecule has 0 aliphatic rings. The van der Waals surface area contributed by atoms with E-state index >= 15 is 0 Å². The number of sulfonamides is 1. The maximum atomic E-state index is 11.6. The molecule has 0 bridgehead atoms. The zero-order valence-corrected chi connectivity index (χ0v) is 10.1. The summed E-state index contributed by atoms with van der Waals surface area (Å²) in [6, 6.07) is 0.480. The Bertz CT molecular complexity index is 371. The molecule has 0 aliphatic carbocycles. The topological polar surface area (TPSA) is 107 Å². The van der Waals surface area contributed by atoms with Crippen molar-refractivity contribution in [3.05, 3.63) is 0 Å². The van der Waals surface area contributed by atoms with E-state index in [-0.39, 0.29) is 12.8 Å². The highest BCUT2D eigenvalue weighted by atomic mass is 32.2. The van der Waals surface area contributed by atoms with Crippen molar-refractivity contribution in [1.29, 1.82) is 5.26 Å². The van der Waals surface area contributed by atoms with E-state index in [0.717, 1.165) is 0 Å². The number of nitriles is 1. The highest BCUT2D eigenvalue weighted by molar-refractivity contribution is 7.90. The summed E-state index contributed by atoms with van der Waals surface area (Å²) in [5, 5.41) is 16.2. The van der Waals surface area contributed by atoms with Gasteiger partial charge in [-0.05, 0) is 12.8 Å². The first-order valence-electron chi connectivity index (χ1n) is 5.02. The maximum Gasteiger partial charge on any atom is 0.321 e. The number of nitrogens with zero attached hydrogens (tertiary/aromatic N) is 1. The molecule has 0 rings (SSSR count). The van der Waals surface area contributed by atoms with E-state index in [1.165, 1.54) is 0 Å². The highest BCUT2D eigenvalue weighted by Gasteiger charge is 2.29. The van der Waals surface area contributed by atoms with Crippen LogP contribution in [0.3, 0.4) is 0 Å². The van der Waals surface area contributed by atoms with Crippen molar-refractivity contribution in [2.24, 2.45) is 0 Å².